The highest BCUT2D eigenvalue weighted by Crippen LogP contribution is 2.26. The maximum absolute atomic E-state index is 4.56. The average molecular weight is 305 g/mol. The molecule has 0 aliphatic carbocycles. The van der Waals surface area contributed by atoms with Gasteiger partial charge in [-0.3, -0.25) is 0 Å². The van der Waals surface area contributed by atoms with Crippen LogP contribution >= 0.6 is 22.7 Å². The van der Waals surface area contributed by atoms with E-state index in [0.29, 0.717) is 12.5 Å². The van der Waals surface area contributed by atoms with Crippen LogP contribution in [0.2, 0.25) is 0 Å². The van der Waals surface area contributed by atoms with Gasteiger partial charge in [-0.2, -0.15) is 4.98 Å². The van der Waals surface area contributed by atoms with Crippen molar-refractivity contribution in [2.45, 2.75) is 19.9 Å². The first kappa shape index (κ1) is 13.3. The van der Waals surface area contributed by atoms with Gasteiger partial charge in [0.2, 0.25) is 5.95 Å². The molecule has 3 heterocycles. The molecule has 3 rings (SSSR count). The van der Waals surface area contributed by atoms with Gasteiger partial charge in [0.25, 0.3) is 0 Å². The van der Waals surface area contributed by atoms with Crippen molar-refractivity contribution in [1.29, 1.82) is 0 Å². The van der Waals surface area contributed by atoms with Crippen LogP contribution in [-0.2, 0) is 6.54 Å². The molecule has 104 valence electrons. The zero-order valence-electron chi connectivity index (χ0n) is 11.1. The molecule has 0 saturated carbocycles. The molecule has 0 fully saturated rings. The van der Waals surface area contributed by atoms with Crippen LogP contribution in [-0.4, -0.2) is 21.5 Å². The second kappa shape index (κ2) is 6.15. The largest absolute Gasteiger partial charge is 0.364 e. The van der Waals surface area contributed by atoms with Crippen LogP contribution in [0.15, 0.2) is 22.3 Å². The van der Waals surface area contributed by atoms with Crippen molar-refractivity contribution in [3.05, 3.63) is 28.0 Å². The normalized spacial score (nSPS) is 10.8. The van der Waals surface area contributed by atoms with E-state index >= 15 is 0 Å². The fourth-order valence-electron chi connectivity index (χ4n) is 1.81. The summed E-state index contributed by atoms with van der Waals surface area (Å²) >= 11 is 3.23. The molecule has 0 bridgehead atoms. The first-order chi connectivity index (χ1) is 9.86. The molecule has 3 aromatic heterocycles. The van der Waals surface area contributed by atoms with E-state index in [4.69, 9.17) is 0 Å². The Kier molecular flexibility index (Phi) is 4.08. The molecule has 0 amide bonds. The van der Waals surface area contributed by atoms with E-state index in [0.717, 1.165) is 34.7 Å². The summed E-state index contributed by atoms with van der Waals surface area (Å²) in [5.41, 5.74) is 2.87. The molecule has 0 aromatic carbocycles. The lowest BCUT2D eigenvalue weighted by Gasteiger charge is -2.08. The molecule has 2 N–H and O–H groups in total. The zero-order valence-corrected chi connectivity index (χ0v) is 12.7. The Balaban J connectivity index is 1.85. The lowest BCUT2D eigenvalue weighted by atomic mass is 10.3. The molecule has 0 saturated heterocycles. The Morgan fingerprint density at radius 1 is 1.25 bits per heavy atom. The first-order valence-corrected chi connectivity index (χ1v) is 8.29. The minimum atomic E-state index is 0.679. The molecule has 0 radical (unpaired) electrons. The van der Waals surface area contributed by atoms with E-state index in [1.807, 2.05) is 22.3 Å². The number of fused-ring (bicyclic) bond motifs is 1. The number of thiazole rings is 1. The number of aromatic nitrogens is 3. The van der Waals surface area contributed by atoms with Gasteiger partial charge >= 0.3 is 0 Å². The van der Waals surface area contributed by atoms with Crippen molar-refractivity contribution in [3.63, 3.8) is 0 Å². The highest BCUT2D eigenvalue weighted by Gasteiger charge is 2.08. The summed E-state index contributed by atoms with van der Waals surface area (Å²) in [4.78, 5) is 14.4. The van der Waals surface area contributed by atoms with E-state index in [2.05, 4.69) is 32.5 Å². The second-order valence-electron chi connectivity index (χ2n) is 4.30. The topological polar surface area (TPSA) is 62.7 Å². The van der Waals surface area contributed by atoms with E-state index < -0.39 is 0 Å². The highest BCUT2D eigenvalue weighted by molar-refractivity contribution is 7.16. The summed E-state index contributed by atoms with van der Waals surface area (Å²) in [5, 5.41) is 11.7. The minimum absolute atomic E-state index is 0.679. The molecule has 0 aliphatic heterocycles. The molecule has 0 atom stereocenters. The smallest absolute Gasteiger partial charge is 0.226 e. The Hall–Kier alpha value is -1.73. The number of nitrogens with zero attached hydrogens (tertiary/aromatic N) is 3. The van der Waals surface area contributed by atoms with Crippen LogP contribution in [0, 0.1) is 0 Å². The van der Waals surface area contributed by atoms with E-state index in [-0.39, 0.29) is 0 Å². The fourth-order valence-corrected chi connectivity index (χ4v) is 3.13. The molecule has 0 unspecified atom stereocenters. The number of hydrogen-bond donors (Lipinski definition) is 2. The van der Waals surface area contributed by atoms with Gasteiger partial charge in [-0.15, -0.1) is 22.7 Å². The van der Waals surface area contributed by atoms with Gasteiger partial charge in [-0.25, -0.2) is 9.97 Å². The van der Waals surface area contributed by atoms with Crippen molar-refractivity contribution in [1.82, 2.24) is 15.0 Å². The molecule has 0 spiro atoms. The highest BCUT2D eigenvalue weighted by atomic mass is 32.1. The Labute approximate surface area is 125 Å². The minimum Gasteiger partial charge on any atom is -0.364 e. The fraction of sp³-hybridized carbons (Fsp3) is 0.308. The molecular weight excluding hydrogens is 290 g/mol. The van der Waals surface area contributed by atoms with Crippen LogP contribution in [0.5, 0.6) is 0 Å². The van der Waals surface area contributed by atoms with Gasteiger partial charge in [0.1, 0.15) is 10.6 Å². The molecule has 5 nitrogen and oxygen atoms in total. The average Bonchev–Trinajstić information content (AvgIpc) is 3.13. The number of rotatable bonds is 6. The third kappa shape index (κ3) is 2.88. The first-order valence-electron chi connectivity index (χ1n) is 6.47. The van der Waals surface area contributed by atoms with Crippen molar-refractivity contribution < 1.29 is 0 Å². The van der Waals surface area contributed by atoms with Crippen LogP contribution in [0.4, 0.5) is 11.8 Å². The Bertz CT molecular complexity index is 677. The SMILES string of the molecule is CCCNc1nc(NCc2cscn2)c2ccsc2n1. The number of nitrogens with one attached hydrogen (secondary N) is 2. The van der Waals surface area contributed by atoms with E-state index in [1.54, 1.807) is 22.7 Å². The molecule has 7 heteroatoms. The van der Waals surface area contributed by atoms with Crippen molar-refractivity contribution in [2.75, 3.05) is 17.2 Å². The van der Waals surface area contributed by atoms with E-state index in [1.165, 1.54) is 0 Å². The maximum atomic E-state index is 4.56. The van der Waals surface area contributed by atoms with Crippen molar-refractivity contribution in [2.24, 2.45) is 0 Å². The third-order valence-electron chi connectivity index (χ3n) is 2.78. The predicted molar refractivity (Wildman–Crippen MR) is 85.6 cm³/mol. The standard InChI is InChI=1S/C13H15N5S2/c1-2-4-14-13-17-11(10-3-5-20-12(10)18-13)15-6-9-7-19-8-16-9/h3,5,7-8H,2,4,6H2,1H3,(H2,14,15,17,18). The Morgan fingerprint density at radius 2 is 2.20 bits per heavy atom. The van der Waals surface area contributed by atoms with Crippen LogP contribution < -0.4 is 10.6 Å². The molecule has 0 aliphatic rings. The third-order valence-corrected chi connectivity index (χ3v) is 4.22. The molecule has 3 aromatic rings. The predicted octanol–water partition coefficient (Wildman–Crippen LogP) is 3.58. The second-order valence-corrected chi connectivity index (χ2v) is 5.91. The maximum Gasteiger partial charge on any atom is 0.226 e. The quantitative estimate of drug-likeness (QED) is 0.729. The zero-order chi connectivity index (χ0) is 13.8. The van der Waals surface area contributed by atoms with Crippen molar-refractivity contribution in [3.8, 4) is 0 Å². The van der Waals surface area contributed by atoms with Crippen LogP contribution in [0.1, 0.15) is 19.0 Å². The summed E-state index contributed by atoms with van der Waals surface area (Å²) in [6, 6.07) is 2.05. The summed E-state index contributed by atoms with van der Waals surface area (Å²) < 4.78 is 0. The van der Waals surface area contributed by atoms with Gasteiger partial charge < -0.3 is 10.6 Å². The van der Waals surface area contributed by atoms with Gasteiger partial charge in [0.15, 0.2) is 0 Å². The monoisotopic (exact) mass is 305 g/mol. The van der Waals surface area contributed by atoms with Crippen LogP contribution in [0.3, 0.4) is 0 Å². The van der Waals surface area contributed by atoms with Gasteiger partial charge in [0, 0.05) is 11.9 Å². The van der Waals surface area contributed by atoms with Gasteiger partial charge in [-0.1, -0.05) is 6.92 Å². The van der Waals surface area contributed by atoms with Crippen molar-refractivity contribution >= 4 is 44.7 Å². The summed E-state index contributed by atoms with van der Waals surface area (Å²) in [7, 11) is 0. The van der Waals surface area contributed by atoms with Gasteiger partial charge in [-0.05, 0) is 17.9 Å². The molecular formula is C13H15N5S2. The molecule has 20 heavy (non-hydrogen) atoms. The Morgan fingerprint density at radius 3 is 3.00 bits per heavy atom. The summed E-state index contributed by atoms with van der Waals surface area (Å²) in [6.07, 6.45) is 1.05. The summed E-state index contributed by atoms with van der Waals surface area (Å²) in [5.74, 6) is 1.55. The van der Waals surface area contributed by atoms with Gasteiger partial charge in [0.05, 0.1) is 23.1 Å². The lowest BCUT2D eigenvalue weighted by Crippen LogP contribution is -2.08. The number of thiophene rings is 1. The van der Waals surface area contributed by atoms with E-state index in [9.17, 15) is 0 Å². The summed E-state index contributed by atoms with van der Waals surface area (Å²) in [6.45, 7) is 3.68. The lowest BCUT2D eigenvalue weighted by molar-refractivity contribution is 0.955. The number of anilines is 2. The van der Waals surface area contributed by atoms with Crippen LogP contribution in [0.25, 0.3) is 10.2 Å². The number of hydrogen-bond acceptors (Lipinski definition) is 7.